The summed E-state index contributed by atoms with van der Waals surface area (Å²) in [5.74, 6) is -0.699. The standard InChI is InChI=1S/C6H5F3OS/c7-11(8,9)6-4-2-1-3-5(6)10/h1-4,10H. The van der Waals surface area contributed by atoms with Gasteiger partial charge in [-0.05, 0) is 12.1 Å². The van der Waals surface area contributed by atoms with E-state index in [1.807, 2.05) is 0 Å². The molecule has 1 aromatic carbocycles. The third-order valence-corrected chi connectivity index (χ3v) is 1.96. The van der Waals surface area contributed by atoms with Crippen molar-refractivity contribution in [3.05, 3.63) is 24.3 Å². The summed E-state index contributed by atoms with van der Waals surface area (Å²) in [4.78, 5) is -0.917. The van der Waals surface area contributed by atoms with Gasteiger partial charge in [-0.1, -0.05) is 12.1 Å². The van der Waals surface area contributed by atoms with Crippen LogP contribution in [0.5, 0.6) is 5.75 Å². The molecule has 1 N–H and O–H groups in total. The molecule has 0 fully saturated rings. The first-order valence-electron chi connectivity index (χ1n) is 2.72. The first kappa shape index (κ1) is 8.26. The third kappa shape index (κ3) is 1.80. The van der Waals surface area contributed by atoms with Gasteiger partial charge in [0.2, 0.25) is 11.2 Å². The van der Waals surface area contributed by atoms with Gasteiger partial charge in [-0.25, -0.2) is 0 Å². The third-order valence-electron chi connectivity index (χ3n) is 1.11. The van der Waals surface area contributed by atoms with Crippen LogP contribution < -0.4 is 0 Å². The van der Waals surface area contributed by atoms with Crippen molar-refractivity contribution in [2.45, 2.75) is 4.90 Å². The maximum atomic E-state index is 12.0. The molecule has 0 aliphatic carbocycles. The van der Waals surface area contributed by atoms with Crippen LogP contribution in [0.3, 0.4) is 0 Å². The lowest BCUT2D eigenvalue weighted by molar-refractivity contribution is 0.456. The number of aromatic hydroxyl groups is 1. The Morgan fingerprint density at radius 1 is 1.09 bits per heavy atom. The van der Waals surface area contributed by atoms with E-state index in [0.29, 0.717) is 0 Å². The topological polar surface area (TPSA) is 20.2 Å². The minimum atomic E-state index is -5.28. The molecule has 0 atom stereocenters. The van der Waals surface area contributed by atoms with Crippen LogP contribution in [-0.4, -0.2) is 5.11 Å². The molecule has 0 aliphatic heterocycles. The molecule has 11 heavy (non-hydrogen) atoms. The molecule has 0 amide bonds. The van der Waals surface area contributed by atoms with Crippen molar-refractivity contribution in [1.82, 2.24) is 0 Å². The second kappa shape index (κ2) is 2.65. The number of hydrogen-bond acceptors (Lipinski definition) is 1. The minimum Gasteiger partial charge on any atom is -0.507 e. The highest BCUT2D eigenvalue weighted by Crippen LogP contribution is 2.63. The van der Waals surface area contributed by atoms with E-state index in [0.717, 1.165) is 12.1 Å². The molecule has 62 valence electrons. The molecule has 0 radical (unpaired) electrons. The van der Waals surface area contributed by atoms with Crippen molar-refractivity contribution >= 4 is 11.2 Å². The lowest BCUT2D eigenvalue weighted by Gasteiger charge is -2.10. The van der Waals surface area contributed by atoms with Gasteiger partial charge in [-0.3, -0.25) is 0 Å². The molecule has 0 spiro atoms. The Hall–Kier alpha value is -0.840. The normalized spacial score (nSPS) is 13.0. The van der Waals surface area contributed by atoms with Gasteiger partial charge in [0.1, 0.15) is 10.6 Å². The van der Waals surface area contributed by atoms with Gasteiger partial charge >= 0.3 is 0 Å². The molecule has 0 saturated carbocycles. The minimum absolute atomic E-state index is 0.699. The van der Waals surface area contributed by atoms with Crippen molar-refractivity contribution in [3.8, 4) is 5.75 Å². The summed E-state index contributed by atoms with van der Waals surface area (Å²) in [6.45, 7) is 0. The first-order chi connectivity index (χ1) is 5.02. The van der Waals surface area contributed by atoms with Crippen LogP contribution in [0.1, 0.15) is 0 Å². The summed E-state index contributed by atoms with van der Waals surface area (Å²) in [7, 11) is 0. The number of benzene rings is 1. The fourth-order valence-corrected chi connectivity index (χ4v) is 1.19. The highest BCUT2D eigenvalue weighted by atomic mass is 32.3. The summed E-state index contributed by atoms with van der Waals surface area (Å²) in [5, 5.41) is 8.75. The maximum Gasteiger partial charge on any atom is 0.241 e. The number of phenolic OH excluding ortho intramolecular Hbond substituents is 1. The van der Waals surface area contributed by atoms with E-state index in [2.05, 4.69) is 0 Å². The highest BCUT2D eigenvalue weighted by molar-refractivity contribution is 8.21. The molecule has 0 bridgehead atoms. The van der Waals surface area contributed by atoms with Crippen molar-refractivity contribution in [2.24, 2.45) is 0 Å². The Bertz CT molecular complexity index is 258. The molecule has 1 aromatic rings. The highest BCUT2D eigenvalue weighted by Gasteiger charge is 2.27. The number of rotatable bonds is 1. The SMILES string of the molecule is Oc1ccccc1S(F)(F)F. The van der Waals surface area contributed by atoms with Gasteiger partial charge in [0.25, 0.3) is 0 Å². The quantitative estimate of drug-likeness (QED) is 0.707. The monoisotopic (exact) mass is 182 g/mol. The molecular formula is C6H5F3OS. The Morgan fingerprint density at radius 3 is 2.00 bits per heavy atom. The molecule has 0 heterocycles. The van der Waals surface area contributed by atoms with Gasteiger partial charge in [0, 0.05) is 0 Å². The molecule has 1 nitrogen and oxygen atoms in total. The molecule has 0 aliphatic rings. The first-order valence-corrected chi connectivity index (χ1v) is 4.05. The van der Waals surface area contributed by atoms with Crippen molar-refractivity contribution < 1.29 is 16.8 Å². The van der Waals surface area contributed by atoms with Crippen molar-refractivity contribution in [3.63, 3.8) is 0 Å². The lowest BCUT2D eigenvalue weighted by Crippen LogP contribution is -1.79. The number of hydrogen-bond donors (Lipinski definition) is 1. The summed E-state index contributed by atoms with van der Waals surface area (Å²) in [6.07, 6.45) is 0. The van der Waals surface area contributed by atoms with Crippen LogP contribution in [-0.2, 0) is 0 Å². The molecule has 1 rings (SSSR count). The van der Waals surface area contributed by atoms with E-state index < -0.39 is 21.8 Å². The van der Waals surface area contributed by atoms with E-state index in [4.69, 9.17) is 5.11 Å². The van der Waals surface area contributed by atoms with E-state index >= 15 is 0 Å². The van der Waals surface area contributed by atoms with E-state index in [-0.39, 0.29) is 0 Å². The fraction of sp³-hybridized carbons (Fsp3) is 0. The molecule has 0 unspecified atom stereocenters. The summed E-state index contributed by atoms with van der Waals surface area (Å²) in [6, 6.07) is 4.49. The van der Waals surface area contributed by atoms with E-state index in [1.54, 1.807) is 0 Å². The number of halogens is 3. The summed E-state index contributed by atoms with van der Waals surface area (Å²) in [5.41, 5.74) is 0. The van der Waals surface area contributed by atoms with Gasteiger partial charge < -0.3 is 5.11 Å². The smallest absolute Gasteiger partial charge is 0.241 e. The van der Waals surface area contributed by atoms with Crippen molar-refractivity contribution in [2.75, 3.05) is 0 Å². The molecule has 0 saturated heterocycles. The average molecular weight is 182 g/mol. The Balaban J connectivity index is 3.14. The van der Waals surface area contributed by atoms with Crippen LogP contribution in [0, 0.1) is 0 Å². The van der Waals surface area contributed by atoms with Crippen LogP contribution in [0.4, 0.5) is 11.7 Å². The maximum absolute atomic E-state index is 12.0. The number of para-hydroxylation sites is 1. The second-order valence-electron chi connectivity index (χ2n) is 1.87. The predicted octanol–water partition coefficient (Wildman–Crippen LogP) is 3.21. The van der Waals surface area contributed by atoms with Crippen molar-refractivity contribution in [1.29, 1.82) is 0 Å². The zero-order valence-electron chi connectivity index (χ0n) is 5.30. The van der Waals surface area contributed by atoms with Gasteiger partial charge in [-0.2, -0.15) is 0 Å². The van der Waals surface area contributed by atoms with Crippen LogP contribution >= 0.6 is 11.2 Å². The van der Waals surface area contributed by atoms with Crippen LogP contribution in [0.15, 0.2) is 29.2 Å². The van der Waals surface area contributed by atoms with E-state index in [1.165, 1.54) is 12.1 Å². The Kier molecular flexibility index (Phi) is 1.99. The zero-order chi connectivity index (χ0) is 8.48. The molecular weight excluding hydrogens is 177 g/mol. The van der Waals surface area contributed by atoms with Gasteiger partial charge in [-0.15, -0.1) is 11.7 Å². The molecule has 5 heteroatoms. The van der Waals surface area contributed by atoms with E-state index in [9.17, 15) is 11.7 Å². The largest absolute Gasteiger partial charge is 0.507 e. The Morgan fingerprint density at radius 2 is 1.64 bits per heavy atom. The van der Waals surface area contributed by atoms with Gasteiger partial charge in [0.15, 0.2) is 0 Å². The van der Waals surface area contributed by atoms with Crippen LogP contribution in [0.2, 0.25) is 0 Å². The predicted molar refractivity (Wildman–Crippen MR) is 37.3 cm³/mol. The fourth-order valence-electron chi connectivity index (χ4n) is 0.653. The Labute approximate surface area is 63.7 Å². The van der Waals surface area contributed by atoms with Gasteiger partial charge in [0.05, 0.1) is 0 Å². The molecule has 0 aromatic heterocycles. The summed E-state index contributed by atoms with van der Waals surface area (Å²) < 4.78 is 35.9. The summed E-state index contributed by atoms with van der Waals surface area (Å²) >= 11 is -5.28. The lowest BCUT2D eigenvalue weighted by atomic mass is 10.3. The van der Waals surface area contributed by atoms with Crippen LogP contribution in [0.25, 0.3) is 0 Å². The number of phenols is 1. The average Bonchev–Trinajstić information content (AvgIpc) is 1.86. The zero-order valence-corrected chi connectivity index (χ0v) is 6.12. The second-order valence-corrected chi connectivity index (χ2v) is 3.13.